The van der Waals surface area contributed by atoms with Gasteiger partial charge in [-0.15, -0.1) is 0 Å². The Labute approximate surface area is 201 Å². The second kappa shape index (κ2) is 16.9. The molecule has 0 heterocycles. The Morgan fingerprint density at radius 3 is 0.758 bits per heavy atom. The number of hydrogen-bond donors (Lipinski definition) is 3. The maximum atomic E-state index is 12.2. The molecule has 11 heteroatoms. The van der Waals surface area contributed by atoms with Crippen LogP contribution in [0.25, 0.3) is 0 Å². The summed E-state index contributed by atoms with van der Waals surface area (Å²) in [6, 6.07) is 14.0. The maximum absolute atomic E-state index is 12.2. The van der Waals surface area contributed by atoms with Crippen molar-refractivity contribution in [3.05, 3.63) is 107 Å². The molecule has 0 aliphatic rings. The molecular weight excluding hydrogens is 481 g/mol. The number of rotatable bonds is 3. The van der Waals surface area contributed by atoms with Crippen LogP contribution in [0, 0.1) is 17.5 Å². The van der Waals surface area contributed by atoms with Crippen LogP contribution in [0.1, 0.15) is 31.1 Å². The topological polar surface area (TPSA) is 129 Å². The first-order valence-corrected chi connectivity index (χ1v) is 8.30. The number of carbonyl (C=O) groups is 3. The monoisotopic (exact) mass is 497 g/mol. The molecule has 0 atom stereocenters. The van der Waals surface area contributed by atoms with Crippen LogP contribution in [-0.2, 0) is 26.5 Å². The standard InChI is InChI=1S/3C7H5FO2.CHO.Ti/c3*8-6-3-1-5(2-4-6)7(9)10;1-2;/h3*1-4H,(H,9,10);1H;/q;;;-1;. The Bertz CT molecular complexity index is 878. The summed E-state index contributed by atoms with van der Waals surface area (Å²) in [5, 5.41) is 25.1. The number of aromatic carboxylic acids is 3. The molecule has 0 spiro atoms. The SMILES string of the molecule is O=C(O)c1ccc(F)cc1.O=C(O)c1ccc(F)cc1.O=C(O)c1ccc(F)cc1.[CH-]=O.[Ti]. The van der Waals surface area contributed by atoms with Gasteiger partial charge in [-0.2, -0.15) is 0 Å². The minimum Gasteiger partial charge on any atom is -0.545 e. The molecule has 172 valence electrons. The summed E-state index contributed by atoms with van der Waals surface area (Å²) in [4.78, 5) is 38.3. The van der Waals surface area contributed by atoms with Crippen molar-refractivity contribution >= 4 is 24.7 Å². The van der Waals surface area contributed by atoms with Crippen molar-refractivity contribution in [2.75, 3.05) is 0 Å². The average Bonchev–Trinajstić information content (AvgIpc) is 2.77. The quantitative estimate of drug-likeness (QED) is 0.280. The molecule has 33 heavy (non-hydrogen) atoms. The summed E-state index contributed by atoms with van der Waals surface area (Å²) in [6.07, 6.45) is 0. The van der Waals surface area contributed by atoms with Gasteiger partial charge in [-0.05, 0) is 72.8 Å². The maximum Gasteiger partial charge on any atom is 0.335 e. The van der Waals surface area contributed by atoms with E-state index in [0.717, 1.165) is 36.4 Å². The minimum absolute atomic E-state index is 0. The summed E-state index contributed by atoms with van der Waals surface area (Å²) in [5.74, 6) is -4.40. The summed E-state index contributed by atoms with van der Waals surface area (Å²) in [5.41, 5.74) is 0.296. The number of carbonyl (C=O) groups excluding carboxylic acids is 1. The molecule has 0 unspecified atom stereocenters. The zero-order chi connectivity index (χ0) is 24.7. The van der Waals surface area contributed by atoms with Gasteiger partial charge in [-0.1, -0.05) is 0 Å². The molecule has 0 amide bonds. The van der Waals surface area contributed by atoms with Gasteiger partial charge in [0.2, 0.25) is 0 Å². The van der Waals surface area contributed by atoms with Gasteiger partial charge in [0.1, 0.15) is 17.5 Å². The Kier molecular flexibility index (Phi) is 16.1. The average molecular weight is 497 g/mol. The molecule has 0 aromatic heterocycles. The molecule has 0 radical (unpaired) electrons. The first-order chi connectivity index (χ1) is 15.1. The molecule has 3 aromatic rings. The molecule has 3 N–H and O–H groups in total. The number of carboxylic acids is 3. The van der Waals surface area contributed by atoms with Gasteiger partial charge in [0.15, 0.2) is 0 Å². The zero-order valence-electron chi connectivity index (χ0n) is 16.6. The fraction of sp³-hybridized carbons (Fsp3) is 0. The molecule has 0 bridgehead atoms. The van der Waals surface area contributed by atoms with E-state index < -0.39 is 35.4 Å². The van der Waals surface area contributed by atoms with Crippen LogP contribution < -0.4 is 0 Å². The Balaban J connectivity index is 0. The fourth-order valence-electron chi connectivity index (χ4n) is 1.78. The van der Waals surface area contributed by atoms with Crippen molar-refractivity contribution in [1.29, 1.82) is 0 Å². The predicted octanol–water partition coefficient (Wildman–Crippen LogP) is 4.30. The van der Waals surface area contributed by atoms with Crippen LogP contribution in [0.2, 0.25) is 0 Å². The van der Waals surface area contributed by atoms with E-state index in [2.05, 4.69) is 6.79 Å². The van der Waals surface area contributed by atoms with Gasteiger partial charge in [0, 0.05) is 21.7 Å². The zero-order valence-corrected chi connectivity index (χ0v) is 18.2. The summed E-state index contributed by atoms with van der Waals surface area (Å²) in [7, 11) is 0. The second-order valence-electron chi connectivity index (χ2n) is 5.44. The Morgan fingerprint density at radius 2 is 0.636 bits per heavy atom. The van der Waals surface area contributed by atoms with E-state index in [0.29, 0.717) is 0 Å². The van der Waals surface area contributed by atoms with Crippen molar-refractivity contribution in [1.82, 2.24) is 0 Å². The van der Waals surface area contributed by atoms with E-state index in [1.54, 1.807) is 0 Å². The summed E-state index contributed by atoms with van der Waals surface area (Å²) in [6.45, 7) is 3.25. The number of benzene rings is 3. The number of hydrogen-bond acceptors (Lipinski definition) is 4. The molecule has 0 fully saturated rings. The minimum atomic E-state index is -1.04. The molecular formula is C22H16F3O7Ti-. The van der Waals surface area contributed by atoms with Crippen LogP contribution >= 0.6 is 0 Å². The van der Waals surface area contributed by atoms with Crippen molar-refractivity contribution in [3.8, 4) is 0 Å². The van der Waals surface area contributed by atoms with Crippen molar-refractivity contribution in [3.63, 3.8) is 0 Å². The number of carboxylic acid groups (broad SMARTS) is 3. The third-order valence-electron chi connectivity index (χ3n) is 3.27. The van der Waals surface area contributed by atoms with Gasteiger partial charge in [-0.25, -0.2) is 27.6 Å². The first kappa shape index (κ1) is 31.4. The first-order valence-electron chi connectivity index (χ1n) is 8.30. The van der Waals surface area contributed by atoms with E-state index in [1.807, 2.05) is 0 Å². The van der Waals surface area contributed by atoms with E-state index in [1.165, 1.54) is 36.4 Å². The molecule has 0 aliphatic heterocycles. The van der Waals surface area contributed by atoms with E-state index in [9.17, 15) is 27.6 Å². The van der Waals surface area contributed by atoms with Crippen LogP contribution in [0.3, 0.4) is 0 Å². The summed E-state index contributed by atoms with van der Waals surface area (Å²) >= 11 is 0. The van der Waals surface area contributed by atoms with Crippen molar-refractivity contribution in [2.45, 2.75) is 0 Å². The normalized spacial score (nSPS) is 8.58. The largest absolute Gasteiger partial charge is 0.545 e. The molecule has 0 saturated heterocycles. The van der Waals surface area contributed by atoms with Crippen LogP contribution in [0.15, 0.2) is 72.8 Å². The molecule has 0 saturated carbocycles. The van der Waals surface area contributed by atoms with E-state index in [4.69, 9.17) is 20.1 Å². The van der Waals surface area contributed by atoms with Crippen LogP contribution in [0.4, 0.5) is 13.2 Å². The molecule has 3 rings (SSSR count). The van der Waals surface area contributed by atoms with Crippen molar-refractivity contribution < 1.29 is 69.4 Å². The Morgan fingerprint density at radius 1 is 0.485 bits per heavy atom. The van der Waals surface area contributed by atoms with Crippen LogP contribution in [0.5, 0.6) is 0 Å². The third kappa shape index (κ3) is 13.3. The third-order valence-corrected chi connectivity index (χ3v) is 3.27. The van der Waals surface area contributed by atoms with Crippen LogP contribution in [-0.4, -0.2) is 40.0 Å². The molecule has 3 aromatic carbocycles. The summed E-state index contributed by atoms with van der Waals surface area (Å²) < 4.78 is 36.5. The van der Waals surface area contributed by atoms with Gasteiger partial charge in [0.25, 0.3) is 0 Å². The Hall–Kier alpha value is -3.76. The smallest absolute Gasteiger partial charge is 0.335 e. The van der Waals surface area contributed by atoms with E-state index >= 15 is 0 Å². The fourth-order valence-corrected chi connectivity index (χ4v) is 1.78. The molecule has 0 aliphatic carbocycles. The molecule has 7 nitrogen and oxygen atoms in total. The number of halogens is 3. The van der Waals surface area contributed by atoms with E-state index in [-0.39, 0.29) is 38.4 Å². The van der Waals surface area contributed by atoms with Gasteiger partial charge in [0.05, 0.1) is 16.7 Å². The van der Waals surface area contributed by atoms with Gasteiger partial charge < -0.3 is 20.1 Å². The van der Waals surface area contributed by atoms with Crippen molar-refractivity contribution in [2.24, 2.45) is 0 Å². The predicted molar refractivity (Wildman–Crippen MR) is 107 cm³/mol. The van der Waals surface area contributed by atoms with Gasteiger partial charge in [-0.3, -0.25) is 6.79 Å². The second-order valence-corrected chi connectivity index (χ2v) is 5.44. The van der Waals surface area contributed by atoms with Gasteiger partial charge >= 0.3 is 17.9 Å².